The monoisotopic (exact) mass is 630 g/mol. The molecule has 6 rings (SSSR count). The summed E-state index contributed by atoms with van der Waals surface area (Å²) in [6, 6.07) is 14.7. The van der Waals surface area contributed by atoms with E-state index < -0.39 is 13.0 Å². The molecule has 0 unspecified atom stereocenters. The summed E-state index contributed by atoms with van der Waals surface area (Å²) < 4.78 is 40.0. The van der Waals surface area contributed by atoms with Crippen molar-refractivity contribution < 1.29 is 27.8 Å². The summed E-state index contributed by atoms with van der Waals surface area (Å²) in [7, 11) is 3.19. The number of rotatable bonds is 8. The Morgan fingerprint density at radius 2 is 1.28 bits per heavy atom. The molecule has 2 amide bonds. The Morgan fingerprint density at radius 1 is 0.761 bits per heavy atom. The molecule has 0 atom stereocenters. The van der Waals surface area contributed by atoms with E-state index in [9.17, 15) is 18.4 Å². The Hall–Kier alpha value is -5.26. The second kappa shape index (κ2) is 14.2. The van der Waals surface area contributed by atoms with Crippen molar-refractivity contribution >= 4 is 34.6 Å². The molecule has 4 aromatic rings. The normalized spacial score (nSPS) is 15.2. The highest BCUT2D eigenvalue weighted by Crippen LogP contribution is 2.35. The molecule has 2 aromatic carbocycles. The predicted octanol–water partition coefficient (Wildman–Crippen LogP) is 5.85. The van der Waals surface area contributed by atoms with Crippen molar-refractivity contribution in [3.05, 3.63) is 95.6 Å². The predicted molar refractivity (Wildman–Crippen MR) is 170 cm³/mol. The second-order valence-electron chi connectivity index (χ2n) is 10.9. The molecule has 2 aliphatic rings. The van der Waals surface area contributed by atoms with Gasteiger partial charge in [-0.2, -0.15) is 10.2 Å². The third-order valence-corrected chi connectivity index (χ3v) is 7.60. The van der Waals surface area contributed by atoms with E-state index in [0.717, 1.165) is 39.5 Å². The van der Waals surface area contributed by atoms with E-state index in [1.54, 1.807) is 49.4 Å². The lowest BCUT2D eigenvalue weighted by atomic mass is 10.0. The van der Waals surface area contributed by atoms with E-state index >= 15 is 0 Å². The topological polar surface area (TPSA) is 104 Å². The molecule has 0 aliphatic carbocycles. The molecule has 0 bridgehead atoms. The Bertz CT molecular complexity index is 1760. The van der Waals surface area contributed by atoms with Gasteiger partial charge < -0.3 is 19.7 Å². The summed E-state index contributed by atoms with van der Waals surface area (Å²) >= 11 is 0. The van der Waals surface area contributed by atoms with Crippen molar-refractivity contribution in [3.8, 4) is 11.5 Å². The number of carbonyl (C=O) groups excluding carboxylic acids is 2. The highest BCUT2D eigenvalue weighted by molar-refractivity contribution is 5.98. The number of ether oxygens (including phenoxy) is 2. The van der Waals surface area contributed by atoms with E-state index in [1.165, 1.54) is 4.90 Å². The number of amides is 2. The number of aryl methyl sites for hydroxylation is 2. The van der Waals surface area contributed by atoms with Crippen LogP contribution in [0.2, 0.25) is 0 Å². The molecule has 240 valence electrons. The second-order valence-corrected chi connectivity index (χ2v) is 10.9. The zero-order valence-corrected chi connectivity index (χ0v) is 26.2. The lowest BCUT2D eigenvalue weighted by Gasteiger charge is -2.32. The smallest absolute Gasteiger partial charge is 0.256 e. The van der Waals surface area contributed by atoms with Gasteiger partial charge in [-0.25, -0.2) is 18.1 Å². The SMILES string of the molecule is COc1ccc(C2=C(n3cc(C)cn3)CCC(=O)N2)cc1.COc1ccc(C2=C(n3cc(C)cn3)CCC(=O)N2CC(F)F)cc1. The van der Waals surface area contributed by atoms with Crippen LogP contribution in [0.1, 0.15) is 47.9 Å². The molecule has 0 saturated heterocycles. The van der Waals surface area contributed by atoms with Gasteiger partial charge in [-0.15, -0.1) is 0 Å². The number of nitrogens with zero attached hydrogens (tertiary/aromatic N) is 5. The van der Waals surface area contributed by atoms with Gasteiger partial charge in [-0.3, -0.25) is 9.59 Å². The van der Waals surface area contributed by atoms with Crippen LogP contribution in [0.15, 0.2) is 73.3 Å². The van der Waals surface area contributed by atoms with Gasteiger partial charge in [0.1, 0.15) is 11.5 Å². The number of benzene rings is 2. The van der Waals surface area contributed by atoms with Crippen molar-refractivity contribution in [2.24, 2.45) is 0 Å². The minimum atomic E-state index is -2.61. The number of hydrogen-bond donors (Lipinski definition) is 1. The van der Waals surface area contributed by atoms with E-state index in [1.807, 2.05) is 61.4 Å². The van der Waals surface area contributed by atoms with Crippen molar-refractivity contribution in [2.75, 3.05) is 20.8 Å². The van der Waals surface area contributed by atoms with Gasteiger partial charge in [-0.1, -0.05) is 0 Å². The van der Waals surface area contributed by atoms with E-state index in [0.29, 0.717) is 36.3 Å². The number of carbonyl (C=O) groups is 2. The Kier molecular flexibility index (Phi) is 9.94. The molecular formula is C34H36F2N6O4. The standard InChI is InChI=1S/C18H19F2N3O2.C16H17N3O2/c1-12-9-21-23(10-12)15-7-8-17(24)22(11-16(19)20)18(15)13-3-5-14(25-2)6-4-13;1-11-9-17-19(10-11)14-7-8-15(20)18-16(14)12-3-5-13(21-2)6-4-12/h3-6,9-10,16H,7-8,11H2,1-2H3;3-6,9-10H,7-8H2,1-2H3,(H,18,20). The number of nitrogens with one attached hydrogen (secondary N) is 1. The summed E-state index contributed by atoms with van der Waals surface area (Å²) in [5.41, 5.74) is 6.71. The first-order chi connectivity index (χ1) is 22.2. The molecule has 2 aromatic heterocycles. The van der Waals surface area contributed by atoms with Gasteiger partial charge in [0.25, 0.3) is 6.43 Å². The van der Waals surface area contributed by atoms with Crippen LogP contribution in [-0.4, -0.2) is 63.5 Å². The molecule has 2 aliphatic heterocycles. The fraction of sp³-hybridized carbons (Fsp3) is 0.294. The summed E-state index contributed by atoms with van der Waals surface area (Å²) in [5, 5.41) is 11.6. The molecular weight excluding hydrogens is 594 g/mol. The summed E-state index contributed by atoms with van der Waals surface area (Å²) in [5.74, 6) is 1.17. The Labute approximate surface area is 265 Å². The van der Waals surface area contributed by atoms with Crippen molar-refractivity contribution in [1.29, 1.82) is 0 Å². The van der Waals surface area contributed by atoms with Crippen LogP contribution >= 0.6 is 0 Å². The molecule has 0 saturated carbocycles. The van der Waals surface area contributed by atoms with Gasteiger partial charge in [0.05, 0.1) is 55.9 Å². The quantitative estimate of drug-likeness (QED) is 0.262. The first-order valence-corrected chi connectivity index (χ1v) is 14.8. The highest BCUT2D eigenvalue weighted by atomic mass is 19.3. The Balaban J connectivity index is 0.000000184. The maximum absolute atomic E-state index is 13.1. The summed E-state index contributed by atoms with van der Waals surface area (Å²) in [4.78, 5) is 25.2. The van der Waals surface area contributed by atoms with Gasteiger partial charge in [-0.05, 0) is 73.5 Å². The molecule has 12 heteroatoms. The van der Waals surface area contributed by atoms with Gasteiger partial charge in [0, 0.05) is 49.2 Å². The van der Waals surface area contributed by atoms with Crippen LogP contribution in [0.4, 0.5) is 8.78 Å². The molecule has 10 nitrogen and oxygen atoms in total. The minimum absolute atomic E-state index is 0.0356. The number of methoxy groups -OCH3 is 2. The first-order valence-electron chi connectivity index (χ1n) is 14.8. The first kappa shape index (κ1) is 32.1. The molecule has 4 heterocycles. The van der Waals surface area contributed by atoms with Gasteiger partial charge in [0.2, 0.25) is 11.8 Å². The summed E-state index contributed by atoms with van der Waals surface area (Å²) in [6.45, 7) is 3.27. The van der Waals surface area contributed by atoms with E-state index in [-0.39, 0.29) is 18.2 Å². The Morgan fingerprint density at radius 3 is 1.78 bits per heavy atom. The van der Waals surface area contributed by atoms with Crippen LogP contribution in [0.25, 0.3) is 22.8 Å². The minimum Gasteiger partial charge on any atom is -0.497 e. The average Bonchev–Trinajstić information content (AvgIpc) is 3.70. The maximum Gasteiger partial charge on any atom is 0.256 e. The molecule has 1 N–H and O–H groups in total. The molecule has 46 heavy (non-hydrogen) atoms. The van der Waals surface area contributed by atoms with Crippen LogP contribution in [0, 0.1) is 13.8 Å². The van der Waals surface area contributed by atoms with Crippen LogP contribution in [0.5, 0.6) is 11.5 Å². The largest absolute Gasteiger partial charge is 0.497 e. The van der Waals surface area contributed by atoms with E-state index in [2.05, 4.69) is 15.5 Å². The fourth-order valence-electron chi connectivity index (χ4n) is 5.36. The van der Waals surface area contributed by atoms with E-state index in [4.69, 9.17) is 9.47 Å². The van der Waals surface area contributed by atoms with Crippen molar-refractivity contribution in [2.45, 2.75) is 46.0 Å². The maximum atomic E-state index is 13.1. The van der Waals surface area contributed by atoms with Crippen LogP contribution in [-0.2, 0) is 9.59 Å². The highest BCUT2D eigenvalue weighted by Gasteiger charge is 2.31. The van der Waals surface area contributed by atoms with Crippen LogP contribution < -0.4 is 14.8 Å². The number of alkyl halides is 2. The number of aromatic nitrogens is 4. The third-order valence-electron chi connectivity index (χ3n) is 7.60. The van der Waals surface area contributed by atoms with Gasteiger partial charge >= 0.3 is 0 Å². The fourth-order valence-corrected chi connectivity index (χ4v) is 5.36. The third kappa shape index (κ3) is 7.33. The zero-order chi connectivity index (χ0) is 32.8. The van der Waals surface area contributed by atoms with Crippen LogP contribution in [0.3, 0.4) is 0 Å². The van der Waals surface area contributed by atoms with Crippen molar-refractivity contribution in [1.82, 2.24) is 29.8 Å². The molecule has 0 radical (unpaired) electrons. The zero-order valence-electron chi connectivity index (χ0n) is 26.2. The number of hydrogen-bond acceptors (Lipinski definition) is 6. The molecule has 0 fully saturated rings. The molecule has 0 spiro atoms. The number of halogens is 2. The summed E-state index contributed by atoms with van der Waals surface area (Å²) in [6.07, 6.45) is 6.48. The lowest BCUT2D eigenvalue weighted by molar-refractivity contribution is -0.129. The number of allylic oxidation sites excluding steroid dienone is 2. The van der Waals surface area contributed by atoms with Gasteiger partial charge in [0.15, 0.2) is 0 Å². The lowest BCUT2D eigenvalue weighted by Crippen LogP contribution is -2.37. The van der Waals surface area contributed by atoms with Crippen molar-refractivity contribution in [3.63, 3.8) is 0 Å². The average molecular weight is 631 g/mol.